The molecular weight excluding hydrogens is 176 g/mol. The molecule has 0 aromatic carbocycles. The first-order chi connectivity index (χ1) is 6.68. The molecule has 2 rings (SSSR count). The largest absolute Gasteiger partial charge is 0.323 e. The number of hydrogen-bond acceptors (Lipinski definition) is 2. The highest BCUT2D eigenvalue weighted by Gasteiger charge is 2.15. The van der Waals surface area contributed by atoms with Crippen LogP contribution in [0, 0.1) is 0 Å². The van der Waals surface area contributed by atoms with Crippen LogP contribution in [0.1, 0.15) is 49.7 Å². The van der Waals surface area contributed by atoms with Crippen LogP contribution in [0.3, 0.4) is 0 Å². The summed E-state index contributed by atoms with van der Waals surface area (Å²) in [5.74, 6) is 0.214. The van der Waals surface area contributed by atoms with Gasteiger partial charge in [-0.05, 0) is 25.7 Å². The Balaban J connectivity index is 2.51. The van der Waals surface area contributed by atoms with Crippen LogP contribution < -0.4 is 5.56 Å². The van der Waals surface area contributed by atoms with Crippen LogP contribution >= 0.6 is 0 Å². The predicted octanol–water partition coefficient (Wildman–Crippen LogP) is 1.77. The predicted molar refractivity (Wildman–Crippen MR) is 55.6 cm³/mol. The van der Waals surface area contributed by atoms with Gasteiger partial charge in [-0.25, -0.2) is 0 Å². The summed E-state index contributed by atoms with van der Waals surface area (Å²) in [5, 5.41) is 0. The summed E-state index contributed by atoms with van der Waals surface area (Å²) in [7, 11) is 0. The molecule has 0 spiro atoms. The highest BCUT2D eigenvalue weighted by molar-refractivity contribution is 5.18. The lowest BCUT2D eigenvalue weighted by molar-refractivity contribution is 0.631. The van der Waals surface area contributed by atoms with E-state index in [-0.39, 0.29) is 11.5 Å². The third-order valence-electron chi connectivity index (χ3n) is 2.74. The van der Waals surface area contributed by atoms with E-state index >= 15 is 0 Å². The molecule has 1 aromatic heterocycles. The summed E-state index contributed by atoms with van der Waals surface area (Å²) in [4.78, 5) is 19.0. The van der Waals surface area contributed by atoms with E-state index in [2.05, 4.69) is 9.97 Å². The minimum Gasteiger partial charge on any atom is -0.323 e. The number of aryl methyl sites for hydroxylation is 2. The molecule has 0 saturated carbocycles. The van der Waals surface area contributed by atoms with Crippen molar-refractivity contribution in [1.29, 1.82) is 0 Å². The van der Waals surface area contributed by atoms with Crippen LogP contribution in [-0.2, 0) is 12.8 Å². The van der Waals surface area contributed by atoms with Gasteiger partial charge in [0.05, 0.1) is 5.69 Å². The van der Waals surface area contributed by atoms with Crippen LogP contribution in [-0.4, -0.2) is 9.97 Å². The second-order valence-electron chi connectivity index (χ2n) is 4.24. The molecule has 0 fully saturated rings. The summed E-state index contributed by atoms with van der Waals surface area (Å²) < 4.78 is 0. The maximum atomic E-state index is 11.6. The summed E-state index contributed by atoms with van der Waals surface area (Å²) in [5.41, 5.74) is 2.86. The molecule has 76 valence electrons. The maximum absolute atomic E-state index is 11.6. The van der Waals surface area contributed by atoms with Crippen LogP contribution in [0.5, 0.6) is 0 Å². The van der Waals surface area contributed by atoms with Gasteiger partial charge in [-0.1, -0.05) is 13.8 Å². The average molecular weight is 192 g/mol. The molecule has 1 heterocycles. The molecule has 1 aliphatic rings. The van der Waals surface area contributed by atoms with E-state index in [1.807, 2.05) is 13.8 Å². The lowest BCUT2D eigenvalue weighted by atomic mass is 10.00. The van der Waals surface area contributed by atoms with E-state index in [4.69, 9.17) is 0 Å². The fraction of sp³-hybridized carbons (Fsp3) is 0.636. The Morgan fingerprint density at radius 3 is 2.71 bits per heavy atom. The van der Waals surface area contributed by atoms with Gasteiger partial charge in [0.15, 0.2) is 0 Å². The van der Waals surface area contributed by atoms with Gasteiger partial charge in [-0.3, -0.25) is 9.78 Å². The molecule has 0 unspecified atom stereocenters. The highest BCUT2D eigenvalue weighted by Crippen LogP contribution is 2.17. The van der Waals surface area contributed by atoms with Crippen molar-refractivity contribution in [3.63, 3.8) is 0 Å². The molecule has 3 nitrogen and oxygen atoms in total. The molecule has 0 amide bonds. The van der Waals surface area contributed by atoms with E-state index in [0.29, 0.717) is 5.69 Å². The molecule has 3 heteroatoms. The number of nitrogens with zero attached hydrogens (tertiary/aromatic N) is 1. The van der Waals surface area contributed by atoms with E-state index in [0.717, 1.165) is 24.2 Å². The van der Waals surface area contributed by atoms with Gasteiger partial charge in [-0.15, -0.1) is 0 Å². The van der Waals surface area contributed by atoms with Crippen LogP contribution in [0.15, 0.2) is 4.79 Å². The third kappa shape index (κ3) is 1.59. The van der Waals surface area contributed by atoms with Crippen molar-refractivity contribution in [3.05, 3.63) is 27.4 Å². The van der Waals surface area contributed by atoms with E-state index in [9.17, 15) is 4.79 Å². The Morgan fingerprint density at radius 2 is 2.00 bits per heavy atom. The summed E-state index contributed by atoms with van der Waals surface area (Å²) in [6.07, 6.45) is 4.37. The second kappa shape index (κ2) is 3.56. The van der Waals surface area contributed by atoms with Crippen LogP contribution in [0.25, 0.3) is 0 Å². The number of rotatable bonds is 1. The minimum absolute atomic E-state index is 0.000602. The molecule has 0 atom stereocenters. The number of H-pyrrole nitrogens is 1. The molecule has 1 aliphatic carbocycles. The van der Waals surface area contributed by atoms with Crippen molar-refractivity contribution >= 4 is 0 Å². The normalized spacial score (nSPS) is 15.6. The first kappa shape index (κ1) is 9.44. The fourth-order valence-electron chi connectivity index (χ4n) is 1.94. The Hall–Kier alpha value is -1.12. The van der Waals surface area contributed by atoms with Crippen molar-refractivity contribution < 1.29 is 0 Å². The van der Waals surface area contributed by atoms with E-state index in [1.165, 1.54) is 12.8 Å². The number of fused-ring (bicyclic) bond motifs is 1. The van der Waals surface area contributed by atoms with Crippen LogP contribution in [0.2, 0.25) is 0 Å². The zero-order valence-corrected chi connectivity index (χ0v) is 8.76. The van der Waals surface area contributed by atoms with Crippen molar-refractivity contribution in [3.8, 4) is 0 Å². The van der Waals surface area contributed by atoms with Gasteiger partial charge < -0.3 is 4.98 Å². The number of aromatic amines is 1. The van der Waals surface area contributed by atoms with Crippen LogP contribution in [0.4, 0.5) is 0 Å². The average Bonchev–Trinajstić information content (AvgIpc) is 2.16. The maximum Gasteiger partial charge on any atom is 0.270 e. The lowest BCUT2D eigenvalue weighted by Gasteiger charge is -2.15. The first-order valence-electron chi connectivity index (χ1n) is 5.30. The van der Waals surface area contributed by atoms with Gasteiger partial charge in [0, 0.05) is 11.6 Å². The fourth-order valence-corrected chi connectivity index (χ4v) is 1.94. The molecule has 14 heavy (non-hydrogen) atoms. The molecule has 0 bridgehead atoms. The van der Waals surface area contributed by atoms with Crippen molar-refractivity contribution in [2.45, 2.75) is 45.4 Å². The SMILES string of the molecule is CC(C)c1nc2c([nH]c1=O)CCCC2. The third-order valence-corrected chi connectivity index (χ3v) is 2.74. The van der Waals surface area contributed by atoms with Gasteiger partial charge in [0.25, 0.3) is 5.56 Å². The summed E-state index contributed by atoms with van der Waals surface area (Å²) in [6.45, 7) is 4.01. The Morgan fingerprint density at radius 1 is 1.29 bits per heavy atom. The minimum atomic E-state index is 0.000602. The molecule has 0 radical (unpaired) electrons. The van der Waals surface area contributed by atoms with Gasteiger partial charge >= 0.3 is 0 Å². The summed E-state index contributed by atoms with van der Waals surface area (Å²) in [6, 6.07) is 0. The standard InChI is InChI=1S/C11H16N2O/c1-7(2)10-11(14)13-9-6-4-3-5-8(9)12-10/h7H,3-6H2,1-2H3,(H,13,14). The molecular formula is C11H16N2O. The quantitative estimate of drug-likeness (QED) is 0.737. The summed E-state index contributed by atoms with van der Waals surface area (Å²) >= 11 is 0. The van der Waals surface area contributed by atoms with Crippen molar-refractivity contribution in [2.75, 3.05) is 0 Å². The highest BCUT2D eigenvalue weighted by atomic mass is 16.1. The molecule has 0 aliphatic heterocycles. The number of aromatic nitrogens is 2. The Labute approximate surface area is 83.6 Å². The topological polar surface area (TPSA) is 45.8 Å². The Bertz CT molecular complexity index is 393. The van der Waals surface area contributed by atoms with E-state index in [1.54, 1.807) is 0 Å². The first-order valence-corrected chi connectivity index (χ1v) is 5.30. The van der Waals surface area contributed by atoms with E-state index < -0.39 is 0 Å². The van der Waals surface area contributed by atoms with Gasteiger partial charge in [0.2, 0.25) is 0 Å². The van der Waals surface area contributed by atoms with Gasteiger partial charge in [0.1, 0.15) is 5.69 Å². The zero-order chi connectivity index (χ0) is 10.1. The molecule has 1 N–H and O–H groups in total. The second-order valence-corrected chi connectivity index (χ2v) is 4.24. The van der Waals surface area contributed by atoms with Gasteiger partial charge in [-0.2, -0.15) is 0 Å². The van der Waals surface area contributed by atoms with Crippen molar-refractivity contribution in [1.82, 2.24) is 9.97 Å². The Kier molecular flexibility index (Phi) is 2.40. The monoisotopic (exact) mass is 192 g/mol. The zero-order valence-electron chi connectivity index (χ0n) is 8.76. The van der Waals surface area contributed by atoms with Crippen molar-refractivity contribution in [2.24, 2.45) is 0 Å². The number of hydrogen-bond donors (Lipinski definition) is 1. The lowest BCUT2D eigenvalue weighted by Crippen LogP contribution is -2.22. The molecule has 1 aromatic rings. The smallest absolute Gasteiger partial charge is 0.270 e. The number of nitrogens with one attached hydrogen (secondary N) is 1. The molecule has 0 saturated heterocycles.